The summed E-state index contributed by atoms with van der Waals surface area (Å²) in [5.74, 6) is 5.56. The summed E-state index contributed by atoms with van der Waals surface area (Å²) in [6.07, 6.45) is 7.35. The molecule has 0 heterocycles. The Morgan fingerprint density at radius 3 is 2.30 bits per heavy atom. The molecule has 3 heteroatoms. The molecule has 0 saturated heterocycles. The van der Waals surface area contributed by atoms with Gasteiger partial charge in [0.1, 0.15) is 6.61 Å². The van der Waals surface area contributed by atoms with Crippen LogP contribution in [0.25, 0.3) is 0 Å². The summed E-state index contributed by atoms with van der Waals surface area (Å²) in [5.41, 5.74) is 3.73. The first-order valence-corrected chi connectivity index (χ1v) is 11.9. The van der Waals surface area contributed by atoms with Crippen molar-refractivity contribution in [2.45, 2.75) is 65.1 Å². The average Bonchev–Trinajstić information content (AvgIpc) is 2.72. The molecule has 4 aliphatic rings. The fourth-order valence-corrected chi connectivity index (χ4v) is 6.51. The van der Waals surface area contributed by atoms with Crippen LogP contribution in [0.1, 0.15) is 55.7 Å². The molecule has 0 atom stereocenters. The van der Waals surface area contributed by atoms with Gasteiger partial charge in [-0.2, -0.15) is 0 Å². The summed E-state index contributed by atoms with van der Waals surface area (Å²) < 4.78 is 12.0. The van der Waals surface area contributed by atoms with Crippen molar-refractivity contribution in [2.24, 2.45) is 23.7 Å². The van der Waals surface area contributed by atoms with Gasteiger partial charge in [0.05, 0.1) is 6.61 Å². The predicted octanol–water partition coefficient (Wildman–Crippen LogP) is 5.89. The highest BCUT2D eigenvalue weighted by Crippen LogP contribution is 2.53. The molecule has 4 saturated carbocycles. The first-order chi connectivity index (χ1) is 14.7. The van der Waals surface area contributed by atoms with E-state index in [0.717, 1.165) is 41.7 Å². The standard InChI is InChI=1S/C27H35NO2/c1-3-29-26-15-19(7-8-25(26)30-17-20-6-4-5-18(2)9-20)16-28-27-23-11-21-10-22(13-23)14-24(27)12-21/h4-9,15,21-24,27-28H,3,10-14,16-17H2,1-2H3. The smallest absolute Gasteiger partial charge is 0.161 e. The Labute approximate surface area is 181 Å². The quantitative estimate of drug-likeness (QED) is 0.594. The van der Waals surface area contributed by atoms with E-state index in [-0.39, 0.29) is 0 Å². The number of aryl methyl sites for hydroxylation is 1. The van der Waals surface area contributed by atoms with E-state index in [0.29, 0.717) is 19.3 Å². The number of nitrogens with one attached hydrogen (secondary N) is 1. The van der Waals surface area contributed by atoms with E-state index in [1.807, 2.05) is 6.92 Å². The largest absolute Gasteiger partial charge is 0.490 e. The summed E-state index contributed by atoms with van der Waals surface area (Å²) in [5, 5.41) is 3.94. The zero-order chi connectivity index (χ0) is 20.5. The number of hydrogen-bond donors (Lipinski definition) is 1. The summed E-state index contributed by atoms with van der Waals surface area (Å²) in [7, 11) is 0. The molecule has 2 aromatic rings. The van der Waals surface area contributed by atoms with Gasteiger partial charge < -0.3 is 14.8 Å². The van der Waals surface area contributed by atoms with Gasteiger partial charge in [-0.3, -0.25) is 0 Å². The predicted molar refractivity (Wildman–Crippen MR) is 121 cm³/mol. The minimum Gasteiger partial charge on any atom is -0.490 e. The molecule has 6 rings (SSSR count). The minimum absolute atomic E-state index is 0.563. The maximum absolute atomic E-state index is 6.11. The fourth-order valence-electron chi connectivity index (χ4n) is 6.51. The lowest BCUT2D eigenvalue weighted by atomic mass is 9.54. The molecule has 0 aromatic heterocycles. The van der Waals surface area contributed by atoms with Crippen LogP contribution in [0.15, 0.2) is 42.5 Å². The Balaban J connectivity index is 1.23. The molecule has 4 aliphatic carbocycles. The molecule has 0 spiro atoms. The van der Waals surface area contributed by atoms with Crippen LogP contribution in [0.3, 0.4) is 0 Å². The molecule has 4 bridgehead atoms. The highest BCUT2D eigenvalue weighted by Gasteiger charge is 2.47. The Morgan fingerprint density at radius 1 is 0.833 bits per heavy atom. The normalized spacial score (nSPS) is 29.2. The van der Waals surface area contributed by atoms with Gasteiger partial charge in [0.25, 0.3) is 0 Å². The molecule has 4 fully saturated rings. The van der Waals surface area contributed by atoms with E-state index in [9.17, 15) is 0 Å². The maximum atomic E-state index is 6.11. The van der Waals surface area contributed by atoms with Gasteiger partial charge in [-0.15, -0.1) is 0 Å². The zero-order valence-electron chi connectivity index (χ0n) is 18.4. The second-order valence-electron chi connectivity index (χ2n) is 9.83. The second-order valence-corrected chi connectivity index (χ2v) is 9.83. The van der Waals surface area contributed by atoms with E-state index in [1.54, 1.807) is 0 Å². The van der Waals surface area contributed by atoms with Crippen molar-refractivity contribution in [3.05, 3.63) is 59.2 Å². The van der Waals surface area contributed by atoms with Crippen molar-refractivity contribution < 1.29 is 9.47 Å². The van der Waals surface area contributed by atoms with Crippen LogP contribution in [-0.4, -0.2) is 12.6 Å². The van der Waals surface area contributed by atoms with Crippen LogP contribution in [0, 0.1) is 30.6 Å². The number of benzene rings is 2. The van der Waals surface area contributed by atoms with Gasteiger partial charge in [0, 0.05) is 12.6 Å². The highest BCUT2D eigenvalue weighted by molar-refractivity contribution is 5.43. The topological polar surface area (TPSA) is 30.5 Å². The van der Waals surface area contributed by atoms with E-state index < -0.39 is 0 Å². The van der Waals surface area contributed by atoms with Crippen molar-refractivity contribution in [1.29, 1.82) is 0 Å². The summed E-state index contributed by atoms with van der Waals surface area (Å²) in [4.78, 5) is 0. The first kappa shape index (κ1) is 19.9. The van der Waals surface area contributed by atoms with Crippen LogP contribution in [-0.2, 0) is 13.2 Å². The van der Waals surface area contributed by atoms with Gasteiger partial charge in [0.15, 0.2) is 11.5 Å². The van der Waals surface area contributed by atoms with Gasteiger partial charge in [-0.25, -0.2) is 0 Å². The van der Waals surface area contributed by atoms with Crippen molar-refractivity contribution in [3.63, 3.8) is 0 Å². The molecular weight excluding hydrogens is 370 g/mol. The van der Waals surface area contributed by atoms with E-state index in [1.165, 1.54) is 48.8 Å². The fraction of sp³-hybridized carbons (Fsp3) is 0.556. The molecule has 0 radical (unpaired) electrons. The third kappa shape index (κ3) is 4.23. The Kier molecular flexibility index (Phi) is 5.73. The lowest BCUT2D eigenvalue weighted by molar-refractivity contribution is -0.0142. The zero-order valence-corrected chi connectivity index (χ0v) is 18.4. The van der Waals surface area contributed by atoms with Crippen molar-refractivity contribution in [1.82, 2.24) is 5.32 Å². The number of rotatable bonds is 8. The molecule has 2 aromatic carbocycles. The van der Waals surface area contributed by atoms with Crippen LogP contribution < -0.4 is 14.8 Å². The second kappa shape index (κ2) is 8.63. The third-order valence-corrected chi connectivity index (χ3v) is 7.55. The van der Waals surface area contributed by atoms with E-state index in [2.05, 4.69) is 54.7 Å². The molecule has 160 valence electrons. The maximum Gasteiger partial charge on any atom is 0.161 e. The van der Waals surface area contributed by atoms with Crippen LogP contribution in [0.4, 0.5) is 0 Å². The molecule has 0 unspecified atom stereocenters. The molecule has 3 nitrogen and oxygen atoms in total. The molecule has 0 amide bonds. The van der Waals surface area contributed by atoms with Crippen LogP contribution in [0.5, 0.6) is 11.5 Å². The van der Waals surface area contributed by atoms with Crippen molar-refractivity contribution in [3.8, 4) is 11.5 Å². The third-order valence-electron chi connectivity index (χ3n) is 7.55. The average molecular weight is 406 g/mol. The first-order valence-electron chi connectivity index (χ1n) is 11.9. The SMILES string of the molecule is CCOc1cc(CNC2C3CC4CC(C3)CC2C4)ccc1OCc1cccc(C)c1. The minimum atomic E-state index is 0.563. The van der Waals surface area contributed by atoms with E-state index >= 15 is 0 Å². The Morgan fingerprint density at radius 2 is 1.60 bits per heavy atom. The van der Waals surface area contributed by atoms with Gasteiger partial charge >= 0.3 is 0 Å². The number of ether oxygens (including phenoxy) is 2. The van der Waals surface area contributed by atoms with Gasteiger partial charge in [-0.05, 0) is 92.9 Å². The lowest BCUT2D eigenvalue weighted by Gasteiger charge is -2.54. The van der Waals surface area contributed by atoms with Gasteiger partial charge in [0.2, 0.25) is 0 Å². The van der Waals surface area contributed by atoms with Crippen LogP contribution >= 0.6 is 0 Å². The molecule has 1 N–H and O–H groups in total. The number of hydrogen-bond acceptors (Lipinski definition) is 3. The lowest BCUT2D eigenvalue weighted by Crippen LogP contribution is -2.54. The van der Waals surface area contributed by atoms with Crippen molar-refractivity contribution >= 4 is 0 Å². The summed E-state index contributed by atoms with van der Waals surface area (Å²) in [6, 6.07) is 15.6. The van der Waals surface area contributed by atoms with E-state index in [4.69, 9.17) is 9.47 Å². The van der Waals surface area contributed by atoms with Crippen LogP contribution in [0.2, 0.25) is 0 Å². The highest BCUT2D eigenvalue weighted by atomic mass is 16.5. The summed E-state index contributed by atoms with van der Waals surface area (Å²) >= 11 is 0. The molecular formula is C27H35NO2. The molecule has 30 heavy (non-hydrogen) atoms. The Hall–Kier alpha value is -2.00. The molecule has 0 aliphatic heterocycles. The Bertz CT molecular complexity index is 849. The van der Waals surface area contributed by atoms with Gasteiger partial charge in [-0.1, -0.05) is 35.9 Å². The monoisotopic (exact) mass is 405 g/mol. The summed E-state index contributed by atoms with van der Waals surface area (Å²) in [6.45, 7) is 6.27. The van der Waals surface area contributed by atoms with Crippen molar-refractivity contribution in [2.75, 3.05) is 6.61 Å².